The number of halogens is 2. The van der Waals surface area contributed by atoms with Crippen molar-refractivity contribution < 1.29 is 13.6 Å². The van der Waals surface area contributed by atoms with Gasteiger partial charge in [-0.25, -0.2) is 8.78 Å². The Morgan fingerprint density at radius 1 is 1.12 bits per heavy atom. The Morgan fingerprint density at radius 2 is 1.72 bits per heavy atom. The number of carbonyl (C=O) groups excluding carboxylic acids is 1. The maximum atomic E-state index is 15.1. The van der Waals surface area contributed by atoms with E-state index < -0.39 is 17.3 Å². The first-order chi connectivity index (χ1) is 12.0. The van der Waals surface area contributed by atoms with Crippen LogP contribution in [0.4, 0.5) is 8.78 Å². The molecule has 1 aliphatic heterocycles. The molecule has 25 heavy (non-hydrogen) atoms. The van der Waals surface area contributed by atoms with E-state index in [0.29, 0.717) is 19.1 Å². The van der Waals surface area contributed by atoms with E-state index in [9.17, 15) is 9.18 Å². The van der Waals surface area contributed by atoms with Gasteiger partial charge in [0, 0.05) is 37.5 Å². The van der Waals surface area contributed by atoms with Crippen LogP contribution in [0, 0.1) is 11.7 Å². The number of rotatable bonds is 5. The highest BCUT2D eigenvalue weighted by molar-refractivity contribution is 6.02. The second kappa shape index (κ2) is 7.92. The number of alkyl halides is 1. The zero-order valence-corrected chi connectivity index (χ0v) is 14.7. The smallest absolute Gasteiger partial charge is 0.200 e. The molecule has 3 rings (SSSR count). The highest BCUT2D eigenvalue weighted by Gasteiger charge is 2.41. The number of Topliss-reactive ketones (excluding diaryl/α,β-unsaturated/α-hetero) is 1. The van der Waals surface area contributed by atoms with Gasteiger partial charge in [-0.2, -0.15) is 0 Å². The van der Waals surface area contributed by atoms with Crippen molar-refractivity contribution in [3.05, 3.63) is 35.6 Å². The molecule has 5 heteroatoms. The Hall–Kier alpha value is -1.33. The van der Waals surface area contributed by atoms with Crippen molar-refractivity contribution >= 4 is 5.78 Å². The second-order valence-corrected chi connectivity index (χ2v) is 7.71. The minimum absolute atomic E-state index is 0.221. The molecule has 0 bridgehead atoms. The fourth-order valence-corrected chi connectivity index (χ4v) is 4.06. The van der Waals surface area contributed by atoms with E-state index in [4.69, 9.17) is 5.73 Å². The van der Waals surface area contributed by atoms with Gasteiger partial charge in [-0.1, -0.05) is 0 Å². The van der Waals surface area contributed by atoms with Crippen molar-refractivity contribution in [2.75, 3.05) is 19.6 Å². The number of ketones is 1. The van der Waals surface area contributed by atoms with Gasteiger partial charge in [0.2, 0.25) is 0 Å². The summed E-state index contributed by atoms with van der Waals surface area (Å²) in [6.45, 7) is 2.19. The third-order valence-electron chi connectivity index (χ3n) is 5.91. The molecule has 2 aliphatic rings. The maximum absolute atomic E-state index is 15.1. The average molecular weight is 350 g/mol. The summed E-state index contributed by atoms with van der Waals surface area (Å²) in [6.07, 6.45) is 6.21. The zero-order valence-electron chi connectivity index (χ0n) is 14.7. The van der Waals surface area contributed by atoms with E-state index in [2.05, 4.69) is 4.90 Å². The fourth-order valence-electron chi connectivity index (χ4n) is 4.06. The predicted octanol–water partition coefficient (Wildman–Crippen LogP) is 3.72. The summed E-state index contributed by atoms with van der Waals surface area (Å²) in [6, 6.07) is 5.54. The number of nitrogens with two attached hydrogens (primary N) is 1. The van der Waals surface area contributed by atoms with E-state index in [1.807, 2.05) is 0 Å². The molecular weight excluding hydrogens is 322 g/mol. The van der Waals surface area contributed by atoms with Crippen molar-refractivity contribution in [1.29, 1.82) is 0 Å². The number of nitrogens with zero attached hydrogens (tertiary/aromatic N) is 1. The van der Waals surface area contributed by atoms with Crippen molar-refractivity contribution in [1.82, 2.24) is 4.90 Å². The fraction of sp³-hybridized carbons (Fsp3) is 0.650. The topological polar surface area (TPSA) is 46.3 Å². The number of hydrogen-bond acceptors (Lipinski definition) is 3. The number of likely N-dealkylation sites (tertiary alicyclic amines) is 1. The third-order valence-corrected chi connectivity index (χ3v) is 5.91. The molecule has 1 saturated heterocycles. The largest absolute Gasteiger partial charge is 0.328 e. The van der Waals surface area contributed by atoms with Gasteiger partial charge in [-0.05, 0) is 68.8 Å². The minimum Gasteiger partial charge on any atom is -0.328 e. The molecule has 0 atom stereocenters. The molecule has 1 aliphatic carbocycles. The van der Waals surface area contributed by atoms with E-state index in [-0.39, 0.29) is 18.4 Å². The SMILES string of the molecule is N[C@H]1CC[C@H](CCN2CCC(F)(C(=O)c3ccc(F)cc3)CC2)CC1. The second-order valence-electron chi connectivity index (χ2n) is 7.71. The Balaban J connectivity index is 1.47. The minimum atomic E-state index is -1.81. The lowest BCUT2D eigenvalue weighted by atomic mass is 9.83. The van der Waals surface area contributed by atoms with Crippen LogP contribution in [-0.4, -0.2) is 42.0 Å². The summed E-state index contributed by atoms with van der Waals surface area (Å²) in [5.41, 5.74) is 4.39. The Bertz CT molecular complexity index is 574. The molecule has 0 aromatic heterocycles. The first kappa shape index (κ1) is 18.5. The molecule has 0 radical (unpaired) electrons. The molecular formula is C20H28F2N2O. The van der Waals surface area contributed by atoms with Crippen LogP contribution in [0.3, 0.4) is 0 Å². The quantitative estimate of drug-likeness (QED) is 0.823. The molecule has 1 heterocycles. The summed E-state index contributed by atoms with van der Waals surface area (Å²) >= 11 is 0. The summed E-state index contributed by atoms with van der Waals surface area (Å²) in [5.74, 6) is -0.186. The molecule has 1 aromatic carbocycles. The molecule has 1 saturated carbocycles. The third kappa shape index (κ3) is 4.64. The van der Waals surface area contributed by atoms with E-state index in [1.54, 1.807) is 0 Å². The molecule has 1 aromatic rings. The summed E-state index contributed by atoms with van der Waals surface area (Å²) < 4.78 is 28.1. The number of benzene rings is 1. The summed E-state index contributed by atoms with van der Waals surface area (Å²) in [5, 5.41) is 0. The lowest BCUT2D eigenvalue weighted by Crippen LogP contribution is -2.47. The molecule has 0 spiro atoms. The van der Waals surface area contributed by atoms with Gasteiger partial charge in [0.25, 0.3) is 0 Å². The lowest BCUT2D eigenvalue weighted by Gasteiger charge is -2.36. The standard InChI is InChI=1S/C20H28F2N2O/c21-17-5-3-16(4-6-17)19(25)20(22)10-13-24(14-11-20)12-9-15-1-7-18(23)8-2-15/h3-6,15,18H,1-2,7-14,23H2/t15-,18-. The van der Waals surface area contributed by atoms with Gasteiger partial charge < -0.3 is 10.6 Å². The van der Waals surface area contributed by atoms with Crippen molar-refractivity contribution in [3.8, 4) is 0 Å². The molecule has 0 amide bonds. The summed E-state index contributed by atoms with van der Waals surface area (Å²) in [7, 11) is 0. The van der Waals surface area contributed by atoms with E-state index in [1.165, 1.54) is 37.1 Å². The van der Waals surface area contributed by atoms with Crippen LogP contribution in [-0.2, 0) is 0 Å². The first-order valence-electron chi connectivity index (χ1n) is 9.43. The number of carbonyl (C=O) groups is 1. The van der Waals surface area contributed by atoms with Crippen molar-refractivity contribution in [2.45, 2.75) is 56.7 Å². The van der Waals surface area contributed by atoms with Gasteiger partial charge in [0.15, 0.2) is 11.5 Å². The highest BCUT2D eigenvalue weighted by atomic mass is 19.1. The van der Waals surface area contributed by atoms with E-state index in [0.717, 1.165) is 31.7 Å². The predicted molar refractivity (Wildman–Crippen MR) is 94.8 cm³/mol. The van der Waals surface area contributed by atoms with Crippen LogP contribution in [0.5, 0.6) is 0 Å². The average Bonchev–Trinajstić information content (AvgIpc) is 2.63. The molecule has 0 unspecified atom stereocenters. The normalized spacial score (nSPS) is 27.2. The molecule has 138 valence electrons. The van der Waals surface area contributed by atoms with Crippen LogP contribution < -0.4 is 5.73 Å². The number of hydrogen-bond donors (Lipinski definition) is 1. The van der Waals surface area contributed by atoms with Crippen LogP contribution in [0.15, 0.2) is 24.3 Å². The zero-order chi connectivity index (χ0) is 17.9. The van der Waals surface area contributed by atoms with E-state index >= 15 is 4.39 Å². The van der Waals surface area contributed by atoms with Gasteiger partial charge in [0.05, 0.1) is 0 Å². The van der Waals surface area contributed by atoms with Gasteiger partial charge in [-0.15, -0.1) is 0 Å². The van der Waals surface area contributed by atoms with Crippen LogP contribution in [0.1, 0.15) is 55.3 Å². The Morgan fingerprint density at radius 3 is 2.32 bits per heavy atom. The van der Waals surface area contributed by atoms with Crippen molar-refractivity contribution in [3.63, 3.8) is 0 Å². The molecule has 2 N–H and O–H groups in total. The molecule has 2 fully saturated rings. The first-order valence-corrected chi connectivity index (χ1v) is 9.43. The lowest BCUT2D eigenvalue weighted by molar-refractivity contribution is 0.0404. The van der Waals surface area contributed by atoms with Crippen LogP contribution in [0.25, 0.3) is 0 Å². The molecule has 3 nitrogen and oxygen atoms in total. The van der Waals surface area contributed by atoms with Crippen molar-refractivity contribution in [2.24, 2.45) is 11.7 Å². The Labute approximate surface area is 148 Å². The number of piperidine rings is 1. The van der Waals surface area contributed by atoms with Crippen LogP contribution in [0.2, 0.25) is 0 Å². The van der Waals surface area contributed by atoms with Gasteiger partial charge in [-0.3, -0.25) is 4.79 Å². The van der Waals surface area contributed by atoms with Gasteiger partial charge >= 0.3 is 0 Å². The van der Waals surface area contributed by atoms with Crippen LogP contribution >= 0.6 is 0 Å². The maximum Gasteiger partial charge on any atom is 0.200 e. The monoisotopic (exact) mass is 350 g/mol. The Kier molecular flexibility index (Phi) is 5.85. The van der Waals surface area contributed by atoms with Gasteiger partial charge in [0.1, 0.15) is 5.82 Å². The summed E-state index contributed by atoms with van der Waals surface area (Å²) in [4.78, 5) is 14.7. The highest BCUT2D eigenvalue weighted by Crippen LogP contribution is 2.32.